The molecule has 0 saturated carbocycles. The van der Waals surface area contributed by atoms with Crippen LogP contribution in [0, 0.1) is 0 Å². The molecule has 1 aliphatic heterocycles. The molecule has 7 nitrogen and oxygen atoms in total. The fourth-order valence-corrected chi connectivity index (χ4v) is 2.97. The highest BCUT2D eigenvalue weighted by atomic mass is 16.5. The second-order valence-corrected chi connectivity index (χ2v) is 6.30. The molecule has 134 valence electrons. The first-order valence-electron chi connectivity index (χ1n) is 8.79. The number of nitrogens with zero attached hydrogens (tertiary/aromatic N) is 4. The van der Waals surface area contributed by atoms with Gasteiger partial charge in [-0.25, -0.2) is 0 Å². The zero-order valence-electron chi connectivity index (χ0n) is 14.8. The highest BCUT2D eigenvalue weighted by molar-refractivity contribution is 5.92. The Bertz CT molecular complexity index is 680. The van der Waals surface area contributed by atoms with E-state index in [0.29, 0.717) is 12.4 Å². The van der Waals surface area contributed by atoms with Crippen LogP contribution in [-0.4, -0.2) is 58.6 Å². The summed E-state index contributed by atoms with van der Waals surface area (Å²) >= 11 is 0. The van der Waals surface area contributed by atoms with E-state index in [1.807, 2.05) is 37.3 Å². The Morgan fingerprint density at radius 1 is 1.24 bits per heavy atom. The van der Waals surface area contributed by atoms with E-state index in [1.165, 1.54) is 0 Å². The van der Waals surface area contributed by atoms with E-state index >= 15 is 0 Å². The minimum absolute atomic E-state index is 0.0252. The van der Waals surface area contributed by atoms with Crippen molar-refractivity contribution in [2.24, 2.45) is 0 Å². The Morgan fingerprint density at radius 2 is 1.96 bits per heavy atom. The van der Waals surface area contributed by atoms with E-state index in [1.54, 1.807) is 0 Å². The van der Waals surface area contributed by atoms with Crippen LogP contribution in [0.15, 0.2) is 34.9 Å². The van der Waals surface area contributed by atoms with Gasteiger partial charge in [-0.2, -0.15) is 4.98 Å². The molecule has 1 amide bonds. The van der Waals surface area contributed by atoms with Gasteiger partial charge in [-0.15, -0.1) is 0 Å². The second-order valence-electron chi connectivity index (χ2n) is 6.30. The van der Waals surface area contributed by atoms with Gasteiger partial charge in [0.05, 0.1) is 12.6 Å². The van der Waals surface area contributed by atoms with Crippen LogP contribution in [-0.2, 0) is 11.2 Å². The third-order valence-corrected chi connectivity index (χ3v) is 4.54. The molecule has 1 aliphatic rings. The summed E-state index contributed by atoms with van der Waals surface area (Å²) in [5, 5.41) is 6.90. The van der Waals surface area contributed by atoms with Crippen molar-refractivity contribution in [3.8, 4) is 0 Å². The van der Waals surface area contributed by atoms with Gasteiger partial charge < -0.3 is 9.84 Å². The molecular weight excluding hydrogens is 318 g/mol. The molecule has 25 heavy (non-hydrogen) atoms. The average Bonchev–Trinajstić information content (AvgIpc) is 3.12. The summed E-state index contributed by atoms with van der Waals surface area (Å²) in [6.07, 6.45) is 0.778. The molecule has 2 heterocycles. The van der Waals surface area contributed by atoms with Gasteiger partial charge in [0, 0.05) is 38.3 Å². The summed E-state index contributed by atoms with van der Waals surface area (Å²) in [5.74, 6) is 1.45. The fraction of sp³-hybridized carbons (Fsp3) is 0.500. The van der Waals surface area contributed by atoms with Gasteiger partial charge in [-0.3, -0.25) is 14.6 Å². The predicted octanol–water partition coefficient (Wildman–Crippen LogP) is 1.95. The largest absolute Gasteiger partial charge is 0.338 e. The number of hydrogen-bond acceptors (Lipinski definition) is 6. The van der Waals surface area contributed by atoms with Gasteiger partial charge in [0.2, 0.25) is 11.8 Å². The highest BCUT2D eigenvalue weighted by Crippen LogP contribution is 2.20. The fourth-order valence-electron chi connectivity index (χ4n) is 2.97. The first-order valence-corrected chi connectivity index (χ1v) is 8.79. The molecule has 1 atom stereocenters. The van der Waals surface area contributed by atoms with E-state index in [4.69, 9.17) is 4.52 Å². The minimum Gasteiger partial charge on any atom is -0.338 e. The standard InChI is InChI=1S/C18H25N5O2/c1-3-16-20-18(25-21-16)14(2)23-11-9-22(10-12-23)13-17(24)19-15-7-5-4-6-8-15/h4-8,14H,3,9-13H2,1-2H3,(H,19,24)/t14-/m1/s1. The van der Waals surface area contributed by atoms with Crippen LogP contribution in [0.3, 0.4) is 0 Å². The summed E-state index contributed by atoms with van der Waals surface area (Å²) in [4.78, 5) is 21.1. The lowest BCUT2D eigenvalue weighted by Gasteiger charge is -2.36. The number of aromatic nitrogens is 2. The van der Waals surface area contributed by atoms with Crippen molar-refractivity contribution in [1.82, 2.24) is 19.9 Å². The number of piperazine rings is 1. The summed E-state index contributed by atoms with van der Waals surface area (Å²) in [6, 6.07) is 9.66. The summed E-state index contributed by atoms with van der Waals surface area (Å²) in [6.45, 7) is 7.97. The first kappa shape index (κ1) is 17.6. The summed E-state index contributed by atoms with van der Waals surface area (Å²) in [7, 11) is 0. The summed E-state index contributed by atoms with van der Waals surface area (Å²) < 4.78 is 5.35. The molecule has 2 aromatic rings. The van der Waals surface area contributed by atoms with Gasteiger partial charge >= 0.3 is 0 Å². The molecule has 3 rings (SSSR count). The molecule has 1 saturated heterocycles. The number of para-hydroxylation sites is 1. The van der Waals surface area contributed by atoms with Crippen molar-refractivity contribution in [3.63, 3.8) is 0 Å². The Kier molecular flexibility index (Phi) is 5.78. The molecule has 0 unspecified atom stereocenters. The molecule has 0 radical (unpaired) electrons. The van der Waals surface area contributed by atoms with E-state index in [0.717, 1.165) is 44.1 Å². The average molecular weight is 343 g/mol. The zero-order valence-corrected chi connectivity index (χ0v) is 14.8. The second kappa shape index (κ2) is 8.22. The lowest BCUT2D eigenvalue weighted by molar-refractivity contribution is -0.117. The van der Waals surface area contributed by atoms with Crippen LogP contribution in [0.5, 0.6) is 0 Å². The van der Waals surface area contributed by atoms with Gasteiger partial charge in [0.25, 0.3) is 0 Å². The normalized spacial score (nSPS) is 17.4. The van der Waals surface area contributed by atoms with E-state index in [9.17, 15) is 4.79 Å². The monoisotopic (exact) mass is 343 g/mol. The van der Waals surface area contributed by atoms with Crippen LogP contribution in [0.4, 0.5) is 5.69 Å². The number of anilines is 1. The number of amides is 1. The van der Waals surface area contributed by atoms with Gasteiger partial charge in [0.1, 0.15) is 0 Å². The van der Waals surface area contributed by atoms with Crippen LogP contribution < -0.4 is 5.32 Å². The van der Waals surface area contributed by atoms with Crippen molar-refractivity contribution in [2.75, 3.05) is 38.0 Å². The molecular formula is C18H25N5O2. The Hall–Kier alpha value is -2.25. The molecule has 0 bridgehead atoms. The minimum atomic E-state index is 0.0252. The van der Waals surface area contributed by atoms with Crippen molar-refractivity contribution in [1.29, 1.82) is 0 Å². The molecule has 1 aromatic heterocycles. The van der Waals surface area contributed by atoms with Crippen LogP contribution >= 0.6 is 0 Å². The molecule has 1 fully saturated rings. The van der Waals surface area contributed by atoms with Crippen molar-refractivity contribution >= 4 is 11.6 Å². The predicted molar refractivity (Wildman–Crippen MR) is 95.2 cm³/mol. The maximum atomic E-state index is 12.2. The van der Waals surface area contributed by atoms with Gasteiger partial charge in [0.15, 0.2) is 5.82 Å². The maximum absolute atomic E-state index is 12.2. The Labute approximate surface area is 148 Å². The third kappa shape index (κ3) is 4.64. The van der Waals surface area contributed by atoms with E-state index < -0.39 is 0 Å². The molecule has 0 aliphatic carbocycles. The van der Waals surface area contributed by atoms with Crippen LogP contribution in [0.1, 0.15) is 31.6 Å². The van der Waals surface area contributed by atoms with Gasteiger partial charge in [-0.05, 0) is 19.1 Å². The molecule has 7 heteroatoms. The summed E-state index contributed by atoms with van der Waals surface area (Å²) in [5.41, 5.74) is 0.836. The quantitative estimate of drug-likeness (QED) is 0.864. The smallest absolute Gasteiger partial charge is 0.243 e. The van der Waals surface area contributed by atoms with E-state index in [-0.39, 0.29) is 11.9 Å². The molecule has 1 N–H and O–H groups in total. The number of hydrogen-bond donors (Lipinski definition) is 1. The molecule has 0 spiro atoms. The Balaban J connectivity index is 1.46. The number of aryl methyl sites for hydroxylation is 1. The number of rotatable bonds is 6. The van der Waals surface area contributed by atoms with Crippen molar-refractivity contribution in [3.05, 3.63) is 42.0 Å². The first-order chi connectivity index (χ1) is 12.2. The number of nitrogens with one attached hydrogen (secondary N) is 1. The maximum Gasteiger partial charge on any atom is 0.243 e. The third-order valence-electron chi connectivity index (χ3n) is 4.54. The van der Waals surface area contributed by atoms with Gasteiger partial charge in [-0.1, -0.05) is 30.3 Å². The number of carbonyl (C=O) groups is 1. The zero-order chi connectivity index (χ0) is 17.6. The van der Waals surface area contributed by atoms with Crippen LogP contribution in [0.25, 0.3) is 0 Å². The lowest BCUT2D eigenvalue weighted by Crippen LogP contribution is -2.49. The highest BCUT2D eigenvalue weighted by Gasteiger charge is 2.26. The number of carbonyl (C=O) groups excluding carboxylic acids is 1. The number of benzene rings is 1. The Morgan fingerprint density at radius 3 is 2.60 bits per heavy atom. The molecule has 1 aromatic carbocycles. The van der Waals surface area contributed by atoms with Crippen molar-refractivity contribution in [2.45, 2.75) is 26.3 Å². The topological polar surface area (TPSA) is 74.5 Å². The van der Waals surface area contributed by atoms with Crippen molar-refractivity contribution < 1.29 is 9.32 Å². The lowest BCUT2D eigenvalue weighted by atomic mass is 10.2. The van der Waals surface area contributed by atoms with Crippen LogP contribution in [0.2, 0.25) is 0 Å². The van der Waals surface area contributed by atoms with E-state index in [2.05, 4.69) is 32.2 Å². The SMILES string of the molecule is CCc1noc([C@@H](C)N2CCN(CC(=O)Nc3ccccc3)CC2)n1.